The molecule has 0 atom stereocenters. The van der Waals surface area contributed by atoms with Crippen LogP contribution >= 0.6 is 11.3 Å². The summed E-state index contributed by atoms with van der Waals surface area (Å²) in [7, 11) is 0. The number of hydrogen-bond donors (Lipinski definition) is 0. The van der Waals surface area contributed by atoms with Crippen molar-refractivity contribution in [2.45, 2.75) is 45.4 Å². The van der Waals surface area contributed by atoms with Gasteiger partial charge in [0, 0.05) is 22.2 Å². The predicted octanol–water partition coefficient (Wildman–Crippen LogP) is 3.32. The van der Waals surface area contributed by atoms with Crippen molar-refractivity contribution in [2.24, 2.45) is 0 Å². The average molecular weight is 220 g/mol. The fraction of sp³-hybridized carbons (Fsp3) is 0.583. The first-order valence-corrected chi connectivity index (χ1v) is 6.43. The molecule has 2 heterocycles. The van der Waals surface area contributed by atoms with Crippen LogP contribution in [0, 0.1) is 6.92 Å². The highest BCUT2D eigenvalue weighted by Gasteiger charge is 2.32. The summed E-state index contributed by atoms with van der Waals surface area (Å²) in [5, 5.41) is 2.20. The van der Waals surface area contributed by atoms with Gasteiger partial charge in [-0.2, -0.15) is 0 Å². The molecule has 3 heteroatoms. The van der Waals surface area contributed by atoms with Gasteiger partial charge in [0.05, 0.1) is 5.69 Å². The lowest BCUT2D eigenvalue weighted by molar-refractivity contribution is 0.418. The number of nitrogens with zero attached hydrogens (tertiary/aromatic N) is 2. The van der Waals surface area contributed by atoms with E-state index in [1.165, 1.54) is 41.3 Å². The molecular weight excluding hydrogens is 204 g/mol. The molecule has 1 aliphatic carbocycles. The Labute approximate surface area is 94.0 Å². The van der Waals surface area contributed by atoms with Crippen LogP contribution in [0.5, 0.6) is 0 Å². The Bertz CT molecular complexity index is 519. The lowest BCUT2D eigenvalue weighted by Gasteiger charge is -2.28. The van der Waals surface area contributed by atoms with Crippen molar-refractivity contribution in [1.82, 2.24) is 9.38 Å². The molecular formula is C12H16N2S. The fourth-order valence-corrected chi connectivity index (χ4v) is 3.54. The minimum Gasteiger partial charge on any atom is -0.292 e. The van der Waals surface area contributed by atoms with Crippen LogP contribution in [0.2, 0.25) is 0 Å². The van der Waals surface area contributed by atoms with E-state index in [9.17, 15) is 0 Å². The summed E-state index contributed by atoms with van der Waals surface area (Å²) >= 11 is 1.76. The van der Waals surface area contributed by atoms with Crippen molar-refractivity contribution >= 4 is 16.3 Å². The van der Waals surface area contributed by atoms with Crippen LogP contribution in [0.25, 0.3) is 4.96 Å². The van der Waals surface area contributed by atoms with E-state index in [1.54, 1.807) is 11.3 Å². The first-order valence-electron chi connectivity index (χ1n) is 5.55. The summed E-state index contributed by atoms with van der Waals surface area (Å²) < 4.78 is 2.35. The largest absolute Gasteiger partial charge is 0.292 e. The van der Waals surface area contributed by atoms with Gasteiger partial charge in [0.25, 0.3) is 0 Å². The second kappa shape index (κ2) is 2.85. The molecule has 15 heavy (non-hydrogen) atoms. The molecule has 80 valence electrons. The highest BCUT2D eigenvalue weighted by molar-refractivity contribution is 7.15. The monoisotopic (exact) mass is 220 g/mol. The van der Waals surface area contributed by atoms with Crippen molar-refractivity contribution < 1.29 is 0 Å². The van der Waals surface area contributed by atoms with Gasteiger partial charge in [-0.25, -0.2) is 4.98 Å². The van der Waals surface area contributed by atoms with Crippen molar-refractivity contribution in [3.63, 3.8) is 0 Å². The third kappa shape index (κ3) is 1.19. The Morgan fingerprint density at radius 2 is 2.27 bits per heavy atom. The van der Waals surface area contributed by atoms with E-state index in [4.69, 9.17) is 4.98 Å². The molecule has 0 N–H and O–H groups in total. The van der Waals surface area contributed by atoms with E-state index in [2.05, 4.69) is 30.6 Å². The molecule has 0 unspecified atom stereocenters. The highest BCUT2D eigenvalue weighted by atomic mass is 32.1. The van der Waals surface area contributed by atoms with Gasteiger partial charge >= 0.3 is 0 Å². The molecule has 1 aliphatic rings. The summed E-state index contributed by atoms with van der Waals surface area (Å²) in [6.07, 6.45) is 3.75. The zero-order valence-corrected chi connectivity index (χ0v) is 10.3. The Kier molecular flexibility index (Phi) is 1.78. The molecule has 0 saturated heterocycles. The van der Waals surface area contributed by atoms with Gasteiger partial charge in [0.15, 0.2) is 4.96 Å². The maximum absolute atomic E-state index is 4.81. The van der Waals surface area contributed by atoms with Gasteiger partial charge in [-0.3, -0.25) is 4.40 Å². The maximum atomic E-state index is 4.81. The first-order chi connectivity index (χ1) is 7.09. The first kappa shape index (κ1) is 9.40. The summed E-state index contributed by atoms with van der Waals surface area (Å²) in [5.74, 6) is 0. The van der Waals surface area contributed by atoms with E-state index in [0.717, 1.165) is 0 Å². The van der Waals surface area contributed by atoms with Gasteiger partial charge in [-0.1, -0.05) is 13.8 Å². The molecule has 0 saturated carbocycles. The number of hydrogen-bond acceptors (Lipinski definition) is 2. The minimum absolute atomic E-state index is 0.270. The van der Waals surface area contributed by atoms with Gasteiger partial charge in [0.1, 0.15) is 0 Å². The molecule has 2 nitrogen and oxygen atoms in total. The Hall–Kier alpha value is -0.830. The standard InChI is InChI=1S/C12H16N2S/c1-8-7-15-11-13-10-9(14(8)11)5-4-6-12(10,2)3/h7H,4-6H2,1-3H3. The average Bonchev–Trinajstić information content (AvgIpc) is 2.68. The van der Waals surface area contributed by atoms with Crippen LogP contribution in [-0.4, -0.2) is 9.38 Å². The smallest absolute Gasteiger partial charge is 0.194 e. The summed E-state index contributed by atoms with van der Waals surface area (Å²) in [6.45, 7) is 6.81. The normalized spacial score (nSPS) is 19.4. The van der Waals surface area contributed by atoms with Crippen molar-refractivity contribution in [2.75, 3.05) is 0 Å². The lowest BCUT2D eigenvalue weighted by atomic mass is 9.78. The van der Waals surface area contributed by atoms with Gasteiger partial charge < -0.3 is 0 Å². The molecule has 0 fully saturated rings. The molecule has 0 amide bonds. The summed E-state index contributed by atoms with van der Waals surface area (Å²) in [6, 6.07) is 0. The van der Waals surface area contributed by atoms with Crippen molar-refractivity contribution in [1.29, 1.82) is 0 Å². The highest BCUT2D eigenvalue weighted by Crippen LogP contribution is 2.37. The minimum atomic E-state index is 0.270. The molecule has 3 rings (SSSR count). The van der Waals surface area contributed by atoms with Crippen LogP contribution in [0.1, 0.15) is 43.8 Å². The molecule has 2 aromatic rings. The molecule has 0 aromatic carbocycles. The zero-order valence-electron chi connectivity index (χ0n) is 9.50. The SMILES string of the molecule is Cc1csc2nc3c(n12)CCCC3(C)C. The van der Waals surface area contributed by atoms with Gasteiger partial charge in [-0.05, 0) is 26.2 Å². The van der Waals surface area contributed by atoms with E-state index < -0.39 is 0 Å². The number of aryl methyl sites for hydroxylation is 2. The van der Waals surface area contributed by atoms with E-state index in [-0.39, 0.29) is 5.41 Å². The number of rotatable bonds is 0. The van der Waals surface area contributed by atoms with Crippen molar-refractivity contribution in [3.8, 4) is 0 Å². The topological polar surface area (TPSA) is 17.3 Å². The number of imidazole rings is 1. The van der Waals surface area contributed by atoms with E-state index in [0.29, 0.717) is 0 Å². The van der Waals surface area contributed by atoms with Crippen LogP contribution in [0.15, 0.2) is 5.38 Å². The molecule has 0 radical (unpaired) electrons. The van der Waals surface area contributed by atoms with E-state index >= 15 is 0 Å². The van der Waals surface area contributed by atoms with Crippen LogP contribution in [0.4, 0.5) is 0 Å². The second-order valence-corrected chi connectivity index (χ2v) is 5.98. The van der Waals surface area contributed by atoms with Crippen molar-refractivity contribution in [3.05, 3.63) is 22.5 Å². The zero-order chi connectivity index (χ0) is 10.6. The fourth-order valence-electron chi connectivity index (χ4n) is 2.65. The molecule has 0 bridgehead atoms. The summed E-state index contributed by atoms with van der Waals surface area (Å²) in [5.41, 5.74) is 4.40. The maximum Gasteiger partial charge on any atom is 0.194 e. The van der Waals surface area contributed by atoms with Gasteiger partial charge in [0.2, 0.25) is 0 Å². The number of thiazole rings is 1. The quantitative estimate of drug-likeness (QED) is 0.665. The Balaban J connectivity index is 2.35. The number of aromatic nitrogens is 2. The molecule has 2 aromatic heterocycles. The number of fused-ring (bicyclic) bond motifs is 3. The Morgan fingerprint density at radius 3 is 3.07 bits per heavy atom. The summed E-state index contributed by atoms with van der Waals surface area (Å²) in [4.78, 5) is 5.98. The second-order valence-electron chi connectivity index (χ2n) is 5.14. The Morgan fingerprint density at radius 1 is 1.47 bits per heavy atom. The predicted molar refractivity (Wildman–Crippen MR) is 63.8 cm³/mol. The van der Waals surface area contributed by atoms with Gasteiger partial charge in [-0.15, -0.1) is 11.3 Å². The lowest BCUT2D eigenvalue weighted by Crippen LogP contribution is -2.24. The molecule has 0 spiro atoms. The third-order valence-electron chi connectivity index (χ3n) is 3.49. The van der Waals surface area contributed by atoms with Crippen LogP contribution in [0.3, 0.4) is 0 Å². The van der Waals surface area contributed by atoms with Crippen LogP contribution in [-0.2, 0) is 11.8 Å². The molecule has 0 aliphatic heterocycles. The third-order valence-corrected chi connectivity index (χ3v) is 4.43. The van der Waals surface area contributed by atoms with E-state index in [1.807, 2.05) is 0 Å². The van der Waals surface area contributed by atoms with Crippen LogP contribution < -0.4 is 0 Å².